The van der Waals surface area contributed by atoms with Gasteiger partial charge in [0.2, 0.25) is 5.91 Å². The molecular weight excluding hydrogens is 126 g/mol. The highest BCUT2D eigenvalue weighted by molar-refractivity contribution is 5.77. The third-order valence-corrected chi connectivity index (χ3v) is 1.27. The molecule has 0 bridgehead atoms. The Morgan fingerprint density at radius 1 is 1.70 bits per heavy atom. The van der Waals surface area contributed by atoms with Crippen LogP contribution in [0.4, 0.5) is 0 Å². The van der Waals surface area contributed by atoms with Gasteiger partial charge in [-0.15, -0.1) is 6.58 Å². The summed E-state index contributed by atoms with van der Waals surface area (Å²) in [6.07, 6.45) is 1.72. The highest BCUT2D eigenvalue weighted by Crippen LogP contribution is 1.97. The standard InChI is InChI=1S/C8H15NO/c1-5-6-9(4)8(10)7(2)3/h5,7H,1,6H2,2-4H3. The normalized spacial score (nSPS) is 9.60. The maximum Gasteiger partial charge on any atom is 0.225 e. The van der Waals surface area contributed by atoms with Crippen molar-refractivity contribution in [3.05, 3.63) is 12.7 Å². The van der Waals surface area contributed by atoms with Gasteiger partial charge in [0.1, 0.15) is 0 Å². The molecule has 0 aromatic rings. The van der Waals surface area contributed by atoms with Gasteiger partial charge in [0.05, 0.1) is 0 Å². The number of nitrogens with zero attached hydrogens (tertiary/aromatic N) is 1. The number of hydrogen-bond acceptors (Lipinski definition) is 1. The summed E-state index contributed by atoms with van der Waals surface area (Å²) < 4.78 is 0. The topological polar surface area (TPSA) is 20.3 Å². The highest BCUT2D eigenvalue weighted by atomic mass is 16.2. The first-order valence-corrected chi connectivity index (χ1v) is 3.45. The number of rotatable bonds is 3. The number of carbonyl (C=O) groups excluding carboxylic acids is 1. The summed E-state index contributed by atoms with van der Waals surface area (Å²) in [7, 11) is 1.78. The van der Waals surface area contributed by atoms with Gasteiger partial charge in [0, 0.05) is 19.5 Å². The first-order chi connectivity index (χ1) is 4.59. The molecule has 0 spiro atoms. The molecule has 0 unspecified atom stereocenters. The minimum Gasteiger partial charge on any atom is -0.342 e. The van der Waals surface area contributed by atoms with Crippen molar-refractivity contribution in [2.24, 2.45) is 5.92 Å². The number of likely N-dealkylation sites (N-methyl/N-ethyl adjacent to an activating group) is 1. The molecule has 0 aliphatic carbocycles. The maximum atomic E-state index is 11.1. The van der Waals surface area contributed by atoms with Crippen molar-refractivity contribution in [1.29, 1.82) is 0 Å². The molecule has 10 heavy (non-hydrogen) atoms. The van der Waals surface area contributed by atoms with Gasteiger partial charge >= 0.3 is 0 Å². The van der Waals surface area contributed by atoms with Crippen LogP contribution in [0, 0.1) is 5.92 Å². The predicted octanol–water partition coefficient (Wildman–Crippen LogP) is 1.29. The number of amides is 1. The summed E-state index contributed by atoms with van der Waals surface area (Å²) in [5.41, 5.74) is 0. The molecule has 0 fully saturated rings. The van der Waals surface area contributed by atoms with E-state index in [0.717, 1.165) is 0 Å². The van der Waals surface area contributed by atoms with Crippen LogP contribution >= 0.6 is 0 Å². The van der Waals surface area contributed by atoms with Gasteiger partial charge in [0.25, 0.3) is 0 Å². The lowest BCUT2D eigenvalue weighted by Crippen LogP contribution is -2.30. The Bertz CT molecular complexity index is 129. The molecule has 2 nitrogen and oxygen atoms in total. The fourth-order valence-corrected chi connectivity index (χ4v) is 0.724. The summed E-state index contributed by atoms with van der Waals surface area (Å²) in [5, 5.41) is 0. The first-order valence-electron chi connectivity index (χ1n) is 3.45. The summed E-state index contributed by atoms with van der Waals surface area (Å²) >= 11 is 0. The van der Waals surface area contributed by atoms with E-state index in [-0.39, 0.29) is 11.8 Å². The molecule has 0 aromatic carbocycles. The molecular formula is C8H15NO. The van der Waals surface area contributed by atoms with Gasteiger partial charge in [-0.2, -0.15) is 0 Å². The van der Waals surface area contributed by atoms with Crippen molar-refractivity contribution in [2.45, 2.75) is 13.8 Å². The molecule has 0 aliphatic heterocycles. The van der Waals surface area contributed by atoms with Crippen molar-refractivity contribution in [2.75, 3.05) is 13.6 Å². The molecule has 0 saturated carbocycles. The van der Waals surface area contributed by atoms with Gasteiger partial charge in [0.15, 0.2) is 0 Å². The minimum atomic E-state index is 0.0879. The van der Waals surface area contributed by atoms with Gasteiger partial charge in [-0.3, -0.25) is 4.79 Å². The van der Waals surface area contributed by atoms with E-state index >= 15 is 0 Å². The Kier molecular flexibility index (Phi) is 3.77. The molecule has 58 valence electrons. The SMILES string of the molecule is C=CCN(C)C(=O)C(C)C. The molecule has 0 atom stereocenters. The lowest BCUT2D eigenvalue weighted by atomic mass is 10.2. The third kappa shape index (κ3) is 2.67. The van der Waals surface area contributed by atoms with Crippen LogP contribution in [0.15, 0.2) is 12.7 Å². The van der Waals surface area contributed by atoms with E-state index < -0.39 is 0 Å². The van der Waals surface area contributed by atoms with Gasteiger partial charge in [-0.05, 0) is 0 Å². The lowest BCUT2D eigenvalue weighted by molar-refractivity contribution is -0.132. The van der Waals surface area contributed by atoms with E-state index in [1.165, 1.54) is 0 Å². The molecule has 0 rings (SSSR count). The molecule has 0 aliphatic rings. The largest absolute Gasteiger partial charge is 0.342 e. The monoisotopic (exact) mass is 141 g/mol. The van der Waals surface area contributed by atoms with Crippen molar-refractivity contribution in [1.82, 2.24) is 4.90 Å². The molecule has 0 heterocycles. The van der Waals surface area contributed by atoms with E-state index in [2.05, 4.69) is 6.58 Å². The Balaban J connectivity index is 3.81. The van der Waals surface area contributed by atoms with Gasteiger partial charge in [-0.25, -0.2) is 0 Å². The second-order valence-electron chi connectivity index (χ2n) is 2.66. The van der Waals surface area contributed by atoms with E-state index in [0.29, 0.717) is 6.54 Å². The van der Waals surface area contributed by atoms with Crippen LogP contribution < -0.4 is 0 Å². The van der Waals surface area contributed by atoms with Crippen LogP contribution in [-0.2, 0) is 4.79 Å². The molecule has 0 radical (unpaired) electrons. The Morgan fingerprint density at radius 2 is 2.20 bits per heavy atom. The molecule has 2 heteroatoms. The van der Waals surface area contributed by atoms with E-state index in [1.54, 1.807) is 18.0 Å². The summed E-state index contributed by atoms with van der Waals surface area (Å²) in [6, 6.07) is 0. The number of hydrogen-bond donors (Lipinski definition) is 0. The van der Waals surface area contributed by atoms with Crippen LogP contribution in [0.25, 0.3) is 0 Å². The summed E-state index contributed by atoms with van der Waals surface area (Å²) in [4.78, 5) is 12.8. The Hall–Kier alpha value is -0.790. The molecule has 0 saturated heterocycles. The van der Waals surface area contributed by atoms with Crippen LogP contribution in [0.1, 0.15) is 13.8 Å². The second kappa shape index (κ2) is 4.09. The van der Waals surface area contributed by atoms with Crippen LogP contribution in [0.3, 0.4) is 0 Å². The Morgan fingerprint density at radius 3 is 2.50 bits per heavy atom. The molecule has 1 amide bonds. The average Bonchev–Trinajstić information content (AvgIpc) is 1.87. The average molecular weight is 141 g/mol. The van der Waals surface area contributed by atoms with Crippen molar-refractivity contribution in [3.63, 3.8) is 0 Å². The maximum absolute atomic E-state index is 11.1. The Labute approximate surface area is 62.5 Å². The lowest BCUT2D eigenvalue weighted by Gasteiger charge is -2.16. The van der Waals surface area contributed by atoms with Gasteiger partial charge < -0.3 is 4.90 Å². The minimum absolute atomic E-state index is 0.0879. The highest BCUT2D eigenvalue weighted by Gasteiger charge is 2.10. The van der Waals surface area contributed by atoms with Crippen molar-refractivity contribution in [3.8, 4) is 0 Å². The van der Waals surface area contributed by atoms with Gasteiger partial charge in [-0.1, -0.05) is 19.9 Å². The van der Waals surface area contributed by atoms with E-state index in [9.17, 15) is 4.79 Å². The fourth-order valence-electron chi connectivity index (χ4n) is 0.724. The molecule has 0 aromatic heterocycles. The second-order valence-corrected chi connectivity index (χ2v) is 2.66. The zero-order valence-corrected chi connectivity index (χ0v) is 6.92. The summed E-state index contributed by atoms with van der Waals surface area (Å²) in [5.74, 6) is 0.254. The summed E-state index contributed by atoms with van der Waals surface area (Å²) in [6.45, 7) is 7.97. The fraction of sp³-hybridized carbons (Fsp3) is 0.625. The van der Waals surface area contributed by atoms with Crippen LogP contribution in [0.5, 0.6) is 0 Å². The van der Waals surface area contributed by atoms with E-state index in [1.807, 2.05) is 13.8 Å². The molecule has 0 N–H and O–H groups in total. The first kappa shape index (κ1) is 9.21. The smallest absolute Gasteiger partial charge is 0.225 e. The predicted molar refractivity (Wildman–Crippen MR) is 42.7 cm³/mol. The van der Waals surface area contributed by atoms with Crippen LogP contribution in [0.2, 0.25) is 0 Å². The van der Waals surface area contributed by atoms with Crippen molar-refractivity contribution < 1.29 is 4.79 Å². The van der Waals surface area contributed by atoms with E-state index in [4.69, 9.17) is 0 Å². The third-order valence-electron chi connectivity index (χ3n) is 1.27. The van der Waals surface area contributed by atoms with Crippen LogP contribution in [-0.4, -0.2) is 24.4 Å². The quantitative estimate of drug-likeness (QED) is 0.542. The zero-order valence-electron chi connectivity index (χ0n) is 6.92. The zero-order chi connectivity index (χ0) is 8.15. The van der Waals surface area contributed by atoms with Crippen molar-refractivity contribution >= 4 is 5.91 Å². The number of carbonyl (C=O) groups is 1.